The van der Waals surface area contributed by atoms with E-state index in [0.717, 1.165) is 33.6 Å². The maximum Gasteiger partial charge on any atom is 0.231 e. The highest BCUT2D eigenvalue weighted by Gasteiger charge is 2.15. The molecule has 24 heavy (non-hydrogen) atoms. The zero-order valence-corrected chi connectivity index (χ0v) is 14.0. The predicted molar refractivity (Wildman–Crippen MR) is 96.2 cm³/mol. The number of nitrogens with zero attached hydrogens (tertiary/aromatic N) is 4. The molecule has 0 unspecified atom stereocenters. The molecular formula is C17H16ClN5O. The van der Waals surface area contributed by atoms with Gasteiger partial charge in [-0.2, -0.15) is 5.10 Å². The van der Waals surface area contributed by atoms with Gasteiger partial charge in [0.1, 0.15) is 11.3 Å². The topological polar surface area (TPSA) is 68.8 Å². The second-order valence-corrected chi connectivity index (χ2v) is 5.26. The summed E-state index contributed by atoms with van der Waals surface area (Å²) in [6.45, 7) is 0. The number of halogens is 1. The maximum atomic E-state index is 5.88. The van der Waals surface area contributed by atoms with Crippen molar-refractivity contribution in [2.45, 2.75) is 0 Å². The first-order valence-corrected chi connectivity index (χ1v) is 7.27. The third-order valence-corrected chi connectivity index (χ3v) is 3.69. The van der Waals surface area contributed by atoms with Gasteiger partial charge >= 0.3 is 0 Å². The van der Waals surface area contributed by atoms with Crippen LogP contribution in [0.25, 0.3) is 33.7 Å². The van der Waals surface area contributed by atoms with Gasteiger partial charge in [0.25, 0.3) is 0 Å². The van der Waals surface area contributed by atoms with E-state index in [-0.39, 0.29) is 12.4 Å². The number of nitrogens with one attached hydrogen (secondary N) is 1. The van der Waals surface area contributed by atoms with Crippen molar-refractivity contribution in [3.63, 3.8) is 0 Å². The Hall–Kier alpha value is -2.86. The Kier molecular flexibility index (Phi) is 4.22. The van der Waals surface area contributed by atoms with E-state index in [1.165, 1.54) is 0 Å². The number of aryl methyl sites for hydroxylation is 1. The van der Waals surface area contributed by atoms with Crippen LogP contribution >= 0.6 is 12.4 Å². The maximum absolute atomic E-state index is 5.88. The molecule has 4 rings (SSSR count). The first kappa shape index (κ1) is 16.0. The Morgan fingerprint density at radius 1 is 1.12 bits per heavy atom. The fraction of sp³-hybridized carbons (Fsp3) is 0.118. The van der Waals surface area contributed by atoms with Crippen LogP contribution in [0.15, 0.2) is 53.3 Å². The Balaban J connectivity index is 0.00000169. The number of benzene rings is 1. The molecule has 0 aliphatic carbocycles. The lowest BCUT2D eigenvalue weighted by Crippen LogP contribution is -1.96. The third-order valence-electron chi connectivity index (χ3n) is 3.69. The summed E-state index contributed by atoms with van der Waals surface area (Å²) in [5.74, 6) is 1.28. The summed E-state index contributed by atoms with van der Waals surface area (Å²) < 4.78 is 7.65. The molecule has 0 bridgehead atoms. The average Bonchev–Trinajstić information content (AvgIpc) is 3.20. The van der Waals surface area contributed by atoms with Crippen LogP contribution in [0.2, 0.25) is 0 Å². The zero-order chi connectivity index (χ0) is 15.8. The minimum absolute atomic E-state index is 0. The van der Waals surface area contributed by atoms with E-state index < -0.39 is 0 Å². The van der Waals surface area contributed by atoms with Gasteiger partial charge in [-0.05, 0) is 18.2 Å². The van der Waals surface area contributed by atoms with Crippen molar-refractivity contribution in [3.05, 3.63) is 48.9 Å². The number of pyridine rings is 1. The van der Waals surface area contributed by atoms with Gasteiger partial charge in [-0.3, -0.25) is 4.68 Å². The van der Waals surface area contributed by atoms with E-state index in [0.29, 0.717) is 5.89 Å². The predicted octanol–water partition coefficient (Wildman–Crippen LogP) is 3.75. The van der Waals surface area contributed by atoms with Crippen LogP contribution in [0.4, 0.5) is 5.82 Å². The van der Waals surface area contributed by atoms with Gasteiger partial charge in [-0.15, -0.1) is 12.4 Å². The Bertz CT molecular complexity index is 958. The van der Waals surface area contributed by atoms with Crippen LogP contribution in [0.3, 0.4) is 0 Å². The number of aromatic nitrogens is 4. The van der Waals surface area contributed by atoms with E-state index in [1.807, 2.05) is 63.0 Å². The normalized spacial score (nSPS) is 10.6. The smallest absolute Gasteiger partial charge is 0.231 e. The summed E-state index contributed by atoms with van der Waals surface area (Å²) in [5, 5.41) is 7.30. The third kappa shape index (κ3) is 2.72. The van der Waals surface area contributed by atoms with Crippen molar-refractivity contribution in [2.24, 2.45) is 7.05 Å². The van der Waals surface area contributed by atoms with Gasteiger partial charge in [0.2, 0.25) is 5.89 Å². The fourth-order valence-corrected chi connectivity index (χ4v) is 2.54. The lowest BCUT2D eigenvalue weighted by molar-refractivity contribution is 0.620. The summed E-state index contributed by atoms with van der Waals surface area (Å²) >= 11 is 0. The van der Waals surface area contributed by atoms with Crippen LogP contribution in [0.5, 0.6) is 0 Å². The van der Waals surface area contributed by atoms with E-state index >= 15 is 0 Å². The molecule has 6 nitrogen and oxygen atoms in total. The highest BCUT2D eigenvalue weighted by Crippen LogP contribution is 2.32. The molecule has 4 aromatic rings. The second kappa shape index (κ2) is 6.33. The molecule has 1 aromatic carbocycles. The van der Waals surface area contributed by atoms with Crippen LogP contribution in [0, 0.1) is 0 Å². The molecular weight excluding hydrogens is 326 g/mol. The summed E-state index contributed by atoms with van der Waals surface area (Å²) in [4.78, 5) is 9.05. The molecule has 0 spiro atoms. The fourth-order valence-electron chi connectivity index (χ4n) is 2.54. The number of oxazole rings is 1. The summed E-state index contributed by atoms with van der Waals surface area (Å²) in [7, 11) is 3.72. The van der Waals surface area contributed by atoms with Gasteiger partial charge in [0, 0.05) is 37.6 Å². The molecule has 0 amide bonds. The minimum atomic E-state index is 0. The monoisotopic (exact) mass is 341 g/mol. The number of hydrogen-bond acceptors (Lipinski definition) is 5. The van der Waals surface area contributed by atoms with E-state index in [4.69, 9.17) is 4.42 Å². The lowest BCUT2D eigenvalue weighted by atomic mass is 10.1. The molecule has 0 aliphatic heterocycles. The second-order valence-electron chi connectivity index (χ2n) is 5.26. The minimum Gasteiger partial charge on any atom is -0.436 e. The molecule has 0 saturated carbocycles. The lowest BCUT2D eigenvalue weighted by Gasteiger charge is -2.06. The Morgan fingerprint density at radius 3 is 2.67 bits per heavy atom. The van der Waals surface area contributed by atoms with Gasteiger partial charge in [0.15, 0.2) is 5.58 Å². The van der Waals surface area contributed by atoms with Crippen LogP contribution in [-0.4, -0.2) is 26.8 Å². The van der Waals surface area contributed by atoms with Gasteiger partial charge in [-0.25, -0.2) is 9.97 Å². The van der Waals surface area contributed by atoms with E-state index in [2.05, 4.69) is 20.4 Å². The summed E-state index contributed by atoms with van der Waals surface area (Å²) in [6, 6.07) is 9.72. The summed E-state index contributed by atoms with van der Waals surface area (Å²) in [5.41, 5.74) is 4.38. The first-order chi connectivity index (χ1) is 11.2. The SMILES string of the molecule is CNc1ncc(-c2cnn(C)c2)cc1-c1nc2ccccc2o1.Cl. The van der Waals surface area contributed by atoms with E-state index in [1.54, 1.807) is 4.68 Å². The molecule has 0 radical (unpaired) electrons. The van der Waals surface area contributed by atoms with Crippen molar-refractivity contribution in [2.75, 3.05) is 12.4 Å². The molecule has 7 heteroatoms. The Morgan fingerprint density at radius 2 is 1.96 bits per heavy atom. The molecule has 0 aliphatic rings. The molecule has 0 fully saturated rings. The quantitative estimate of drug-likeness (QED) is 0.614. The van der Waals surface area contributed by atoms with Crippen molar-refractivity contribution >= 4 is 29.3 Å². The Labute approximate surface area is 145 Å². The van der Waals surface area contributed by atoms with Gasteiger partial charge in [-0.1, -0.05) is 12.1 Å². The standard InChI is InChI=1S/C17H15N5O.ClH/c1-18-16-13(17-21-14-5-3-4-6-15(14)23-17)7-11(8-19-16)12-9-20-22(2)10-12;/h3-10H,1-2H3,(H,18,19);1H. The first-order valence-electron chi connectivity index (χ1n) is 7.27. The molecule has 3 aromatic heterocycles. The van der Waals surface area contributed by atoms with Crippen molar-refractivity contribution < 1.29 is 4.42 Å². The van der Waals surface area contributed by atoms with Crippen LogP contribution in [-0.2, 0) is 7.05 Å². The van der Waals surface area contributed by atoms with Crippen LogP contribution < -0.4 is 5.32 Å². The highest BCUT2D eigenvalue weighted by atomic mass is 35.5. The zero-order valence-electron chi connectivity index (χ0n) is 13.2. The molecule has 122 valence electrons. The number of hydrogen-bond donors (Lipinski definition) is 1. The average molecular weight is 342 g/mol. The van der Waals surface area contributed by atoms with Gasteiger partial charge in [0.05, 0.1) is 11.8 Å². The molecule has 3 heterocycles. The van der Waals surface area contributed by atoms with Crippen molar-refractivity contribution in [1.82, 2.24) is 19.7 Å². The van der Waals surface area contributed by atoms with E-state index in [9.17, 15) is 0 Å². The number of anilines is 1. The summed E-state index contributed by atoms with van der Waals surface area (Å²) in [6.07, 6.45) is 5.58. The van der Waals surface area contributed by atoms with Crippen LogP contribution in [0.1, 0.15) is 0 Å². The molecule has 0 atom stereocenters. The van der Waals surface area contributed by atoms with Crippen molar-refractivity contribution in [3.8, 4) is 22.6 Å². The number of fused-ring (bicyclic) bond motifs is 1. The number of rotatable bonds is 3. The highest BCUT2D eigenvalue weighted by molar-refractivity contribution is 5.85. The number of para-hydroxylation sites is 2. The van der Waals surface area contributed by atoms with Crippen molar-refractivity contribution in [1.29, 1.82) is 0 Å². The molecule has 0 saturated heterocycles. The van der Waals surface area contributed by atoms with Gasteiger partial charge < -0.3 is 9.73 Å². The largest absolute Gasteiger partial charge is 0.436 e. The molecule has 1 N–H and O–H groups in total.